The Bertz CT molecular complexity index is 1250. The fourth-order valence-corrected chi connectivity index (χ4v) is 4.17. The third kappa shape index (κ3) is 6.67. The molecule has 0 spiro atoms. The molecule has 0 unspecified atom stereocenters. The van der Waals surface area contributed by atoms with Gasteiger partial charge in [-0.1, -0.05) is 30.0 Å². The third-order valence-corrected chi connectivity index (χ3v) is 6.00. The molecule has 1 saturated heterocycles. The molecule has 182 valence electrons. The number of thioether (sulfide) groups is 1. The highest BCUT2D eigenvalue weighted by molar-refractivity contribution is 8.26. The van der Waals surface area contributed by atoms with Crippen molar-refractivity contribution in [2.75, 3.05) is 13.1 Å². The number of carboxylic acid groups (broad SMARTS) is 1. The van der Waals surface area contributed by atoms with Crippen molar-refractivity contribution in [1.82, 2.24) is 20.5 Å². The Morgan fingerprint density at radius 1 is 1.23 bits per heavy atom. The van der Waals surface area contributed by atoms with E-state index in [4.69, 9.17) is 17.3 Å². The molecule has 2 heterocycles. The second-order valence-electron chi connectivity index (χ2n) is 7.25. The molecule has 3 rings (SSSR count). The van der Waals surface area contributed by atoms with Crippen LogP contribution < -0.4 is 10.6 Å². The fourth-order valence-electron chi connectivity index (χ4n) is 2.93. The first-order chi connectivity index (χ1) is 16.5. The highest BCUT2D eigenvalue weighted by Crippen LogP contribution is 2.32. The summed E-state index contributed by atoms with van der Waals surface area (Å²) < 4.78 is 26.9. The predicted octanol–water partition coefficient (Wildman–Crippen LogP) is 1.93. The first-order valence-electron chi connectivity index (χ1n) is 10.0. The van der Waals surface area contributed by atoms with Crippen molar-refractivity contribution in [2.24, 2.45) is 0 Å². The number of thiocarbonyl (C=S) groups is 1. The van der Waals surface area contributed by atoms with Crippen molar-refractivity contribution in [3.63, 3.8) is 0 Å². The summed E-state index contributed by atoms with van der Waals surface area (Å²) in [5.41, 5.74) is 1.08. The van der Waals surface area contributed by atoms with Crippen molar-refractivity contribution in [3.8, 4) is 11.3 Å². The number of pyridine rings is 1. The zero-order valence-electron chi connectivity index (χ0n) is 18.1. The second-order valence-corrected chi connectivity index (χ2v) is 8.92. The minimum Gasteiger partial charge on any atom is -0.480 e. The van der Waals surface area contributed by atoms with Crippen molar-refractivity contribution < 1.29 is 33.1 Å². The number of hydrogen-bond donors (Lipinski definition) is 3. The maximum absolute atomic E-state index is 13.6. The number of aromatic nitrogens is 1. The Labute approximate surface area is 207 Å². The van der Waals surface area contributed by atoms with Crippen LogP contribution >= 0.6 is 24.0 Å². The predicted molar refractivity (Wildman–Crippen MR) is 128 cm³/mol. The molecule has 2 aromatic rings. The van der Waals surface area contributed by atoms with Crippen LogP contribution in [0.4, 0.5) is 8.78 Å². The lowest BCUT2D eigenvalue weighted by Gasteiger charge is -2.17. The van der Waals surface area contributed by atoms with Gasteiger partial charge in [-0.3, -0.25) is 24.1 Å². The number of amides is 3. The number of rotatable bonds is 8. The van der Waals surface area contributed by atoms with E-state index in [2.05, 4.69) is 15.6 Å². The van der Waals surface area contributed by atoms with E-state index < -0.39 is 54.5 Å². The maximum atomic E-state index is 13.6. The zero-order valence-corrected chi connectivity index (χ0v) is 19.7. The van der Waals surface area contributed by atoms with Crippen LogP contribution in [0.25, 0.3) is 17.3 Å². The summed E-state index contributed by atoms with van der Waals surface area (Å²) in [6.07, 6.45) is 1.46. The Morgan fingerprint density at radius 2 is 1.97 bits per heavy atom. The highest BCUT2D eigenvalue weighted by atomic mass is 32.2. The largest absolute Gasteiger partial charge is 0.480 e. The van der Waals surface area contributed by atoms with Crippen LogP contribution in [0.1, 0.15) is 12.6 Å². The van der Waals surface area contributed by atoms with Crippen LogP contribution in [0.3, 0.4) is 0 Å². The standard InChI is InChI=1S/C22H18F2N4O5S2/c1-11(20(32)25-9-19(30)31)26-18(29)10-28-21(33)17(35-22(28)34)8-13-3-2-4-16(27-13)12-5-6-14(23)15(24)7-12/h2-8,11H,9-10H2,1H3,(H,25,32)(H,26,29)(H,30,31)/t11-/m1/s1. The topological polar surface area (TPSA) is 129 Å². The number of carbonyl (C=O) groups is 4. The van der Waals surface area contributed by atoms with Crippen LogP contribution in [0.15, 0.2) is 41.3 Å². The molecule has 0 radical (unpaired) electrons. The van der Waals surface area contributed by atoms with E-state index in [1.807, 2.05) is 0 Å². The number of halogens is 2. The van der Waals surface area contributed by atoms with Gasteiger partial charge in [0.1, 0.15) is 23.5 Å². The molecule has 13 heteroatoms. The van der Waals surface area contributed by atoms with Gasteiger partial charge in [0.05, 0.1) is 16.3 Å². The number of nitrogens with zero attached hydrogens (tertiary/aromatic N) is 2. The van der Waals surface area contributed by atoms with Crippen molar-refractivity contribution in [3.05, 3.63) is 58.6 Å². The van der Waals surface area contributed by atoms with Crippen molar-refractivity contribution in [1.29, 1.82) is 0 Å². The molecule has 1 aromatic carbocycles. The normalized spacial score (nSPS) is 15.3. The molecule has 3 amide bonds. The summed E-state index contributed by atoms with van der Waals surface area (Å²) in [7, 11) is 0. The number of carboxylic acids is 1. The van der Waals surface area contributed by atoms with Gasteiger partial charge in [0, 0.05) is 5.56 Å². The number of hydrogen-bond acceptors (Lipinski definition) is 7. The SMILES string of the molecule is C[C@@H](NC(=O)CN1C(=O)C(=Cc2cccc(-c3ccc(F)c(F)c3)n2)SC1=S)C(=O)NCC(=O)O. The van der Waals surface area contributed by atoms with Crippen LogP contribution in [0, 0.1) is 11.6 Å². The van der Waals surface area contributed by atoms with E-state index >= 15 is 0 Å². The molecule has 1 aromatic heterocycles. The average molecular weight is 521 g/mol. The van der Waals surface area contributed by atoms with Gasteiger partial charge < -0.3 is 15.7 Å². The lowest BCUT2D eigenvalue weighted by molar-refractivity contribution is -0.138. The van der Waals surface area contributed by atoms with Crippen LogP contribution in [0.5, 0.6) is 0 Å². The molecular weight excluding hydrogens is 502 g/mol. The minimum atomic E-state index is -1.23. The molecule has 0 saturated carbocycles. The molecule has 35 heavy (non-hydrogen) atoms. The molecule has 1 atom stereocenters. The van der Waals surface area contributed by atoms with Gasteiger partial charge in [-0.15, -0.1) is 0 Å². The summed E-state index contributed by atoms with van der Waals surface area (Å²) in [4.78, 5) is 53.0. The molecule has 0 bridgehead atoms. The molecule has 1 aliphatic heterocycles. The number of benzene rings is 1. The molecule has 0 aliphatic carbocycles. The lowest BCUT2D eigenvalue weighted by atomic mass is 10.1. The van der Waals surface area contributed by atoms with Gasteiger partial charge in [0.15, 0.2) is 11.6 Å². The van der Waals surface area contributed by atoms with E-state index in [0.717, 1.165) is 28.8 Å². The molecule has 1 fully saturated rings. The Morgan fingerprint density at radius 3 is 2.66 bits per heavy atom. The van der Waals surface area contributed by atoms with Gasteiger partial charge in [-0.2, -0.15) is 0 Å². The molecular formula is C22H18F2N4O5S2. The maximum Gasteiger partial charge on any atom is 0.322 e. The van der Waals surface area contributed by atoms with E-state index in [1.54, 1.807) is 18.2 Å². The summed E-state index contributed by atoms with van der Waals surface area (Å²) in [6, 6.07) is 7.22. The minimum absolute atomic E-state index is 0.121. The van der Waals surface area contributed by atoms with E-state index in [-0.39, 0.29) is 9.23 Å². The first kappa shape index (κ1) is 25.9. The van der Waals surface area contributed by atoms with Crippen LogP contribution in [-0.4, -0.2) is 62.1 Å². The average Bonchev–Trinajstić information content (AvgIpc) is 3.06. The highest BCUT2D eigenvalue weighted by Gasteiger charge is 2.34. The van der Waals surface area contributed by atoms with Crippen LogP contribution in [-0.2, 0) is 19.2 Å². The smallest absolute Gasteiger partial charge is 0.322 e. The Hall–Kier alpha value is -3.71. The van der Waals surface area contributed by atoms with Gasteiger partial charge in [-0.05, 0) is 43.3 Å². The van der Waals surface area contributed by atoms with Crippen molar-refractivity contribution >= 4 is 58.1 Å². The quantitative estimate of drug-likeness (QED) is 0.356. The first-order valence-corrected chi connectivity index (χ1v) is 11.2. The fraction of sp³-hybridized carbons (Fsp3) is 0.182. The molecule has 1 aliphatic rings. The second kappa shape index (κ2) is 11.1. The van der Waals surface area contributed by atoms with Crippen molar-refractivity contribution in [2.45, 2.75) is 13.0 Å². The van der Waals surface area contributed by atoms with E-state index in [0.29, 0.717) is 17.0 Å². The Balaban J connectivity index is 1.68. The summed E-state index contributed by atoms with van der Waals surface area (Å²) >= 11 is 6.15. The third-order valence-electron chi connectivity index (χ3n) is 4.62. The number of carbonyl (C=O) groups excluding carboxylic acids is 3. The number of nitrogens with one attached hydrogen (secondary N) is 2. The van der Waals surface area contributed by atoms with Gasteiger partial charge in [-0.25, -0.2) is 13.8 Å². The lowest BCUT2D eigenvalue weighted by Crippen LogP contribution is -2.49. The molecule has 9 nitrogen and oxygen atoms in total. The zero-order chi connectivity index (χ0) is 25.7. The summed E-state index contributed by atoms with van der Waals surface area (Å²) in [5, 5.41) is 13.1. The molecule has 3 N–H and O–H groups in total. The van der Waals surface area contributed by atoms with Gasteiger partial charge >= 0.3 is 5.97 Å². The Kier molecular flexibility index (Phi) is 8.25. The summed E-state index contributed by atoms with van der Waals surface area (Å²) in [6.45, 7) is 0.329. The van der Waals surface area contributed by atoms with E-state index in [1.165, 1.54) is 19.1 Å². The van der Waals surface area contributed by atoms with E-state index in [9.17, 15) is 28.0 Å². The van der Waals surface area contributed by atoms with Crippen LogP contribution in [0.2, 0.25) is 0 Å². The monoisotopic (exact) mass is 520 g/mol. The van der Waals surface area contributed by atoms with Gasteiger partial charge in [0.25, 0.3) is 5.91 Å². The number of aliphatic carboxylic acids is 1. The summed E-state index contributed by atoms with van der Waals surface area (Å²) in [5.74, 6) is -5.13. The van der Waals surface area contributed by atoms with Gasteiger partial charge in [0.2, 0.25) is 11.8 Å².